The van der Waals surface area contributed by atoms with E-state index in [1.807, 2.05) is 60.7 Å². The number of benzene rings is 3. The van der Waals surface area contributed by atoms with Gasteiger partial charge in [0.1, 0.15) is 0 Å². The van der Waals surface area contributed by atoms with E-state index in [0.29, 0.717) is 5.69 Å². The van der Waals surface area contributed by atoms with Crippen molar-refractivity contribution in [3.8, 4) is 0 Å². The van der Waals surface area contributed by atoms with Crippen molar-refractivity contribution >= 4 is 51.5 Å². The molecule has 1 saturated carbocycles. The molecule has 0 aromatic heterocycles. The highest BCUT2D eigenvalue weighted by Gasteiger charge is 2.68. The summed E-state index contributed by atoms with van der Waals surface area (Å²) in [5.74, 6) is -3.44. The molecule has 7 aliphatic rings. The van der Waals surface area contributed by atoms with Crippen molar-refractivity contribution in [3.63, 3.8) is 0 Å². The summed E-state index contributed by atoms with van der Waals surface area (Å²) < 4.78 is 0.847. The molecule has 206 valence electrons. The number of anilines is 1. The maximum atomic E-state index is 14.5. The van der Waals surface area contributed by atoms with E-state index in [1.165, 1.54) is 4.90 Å². The highest BCUT2D eigenvalue weighted by Crippen LogP contribution is 2.64. The summed E-state index contributed by atoms with van der Waals surface area (Å²) in [5.41, 5.74) is 3.10. The molecular weight excluding hydrogens is 594 g/mol. The fraction of sp³-hybridized carbons (Fsp3) is 0.265. The number of carbonyl (C=O) groups is 4. The van der Waals surface area contributed by atoms with Gasteiger partial charge >= 0.3 is 0 Å². The fourth-order valence-electron chi connectivity index (χ4n) is 9.04. The minimum absolute atomic E-state index is 0.0688. The minimum atomic E-state index is -1.14. The van der Waals surface area contributed by atoms with Crippen molar-refractivity contribution in [2.75, 3.05) is 4.90 Å². The van der Waals surface area contributed by atoms with Gasteiger partial charge in [-0.1, -0.05) is 76.6 Å². The van der Waals surface area contributed by atoms with E-state index in [1.54, 1.807) is 18.3 Å². The predicted molar refractivity (Wildman–Crippen MR) is 157 cm³/mol. The van der Waals surface area contributed by atoms with Crippen LogP contribution in [0, 0.1) is 35.5 Å². The molecule has 0 spiro atoms. The normalized spacial score (nSPS) is 34.9. The number of amides is 4. The average Bonchev–Trinajstić information content (AvgIpc) is 3.75. The van der Waals surface area contributed by atoms with Gasteiger partial charge in [0.15, 0.2) is 0 Å². The van der Waals surface area contributed by atoms with Crippen LogP contribution in [0.25, 0.3) is 0 Å². The van der Waals surface area contributed by atoms with Crippen LogP contribution in [-0.2, 0) is 24.6 Å². The number of halogens is 1. The molecular formula is C34H24BrN3O4. The van der Waals surface area contributed by atoms with Crippen LogP contribution in [0.15, 0.2) is 94.5 Å². The van der Waals surface area contributed by atoms with Crippen molar-refractivity contribution < 1.29 is 19.2 Å². The summed E-state index contributed by atoms with van der Waals surface area (Å²) in [6.07, 6.45) is 6.59. The molecule has 6 atom stereocenters. The molecule has 7 nitrogen and oxygen atoms in total. The van der Waals surface area contributed by atoms with Crippen LogP contribution < -0.4 is 4.90 Å². The largest absolute Gasteiger partial charge is 0.274 e. The van der Waals surface area contributed by atoms with Gasteiger partial charge in [-0.15, -0.1) is 0 Å². The van der Waals surface area contributed by atoms with Crippen LogP contribution in [0.4, 0.5) is 5.69 Å². The first kappa shape index (κ1) is 24.4. The second-order valence-electron chi connectivity index (χ2n) is 12.2. The van der Waals surface area contributed by atoms with E-state index >= 15 is 0 Å². The lowest BCUT2D eigenvalue weighted by molar-refractivity contribution is -0.140. The number of rotatable bonds is 3. The van der Waals surface area contributed by atoms with E-state index in [9.17, 15) is 19.2 Å². The molecule has 2 heterocycles. The van der Waals surface area contributed by atoms with E-state index in [4.69, 9.17) is 0 Å². The van der Waals surface area contributed by atoms with Gasteiger partial charge in [-0.2, -0.15) is 10.1 Å². The average molecular weight is 618 g/mol. The molecule has 42 heavy (non-hydrogen) atoms. The van der Waals surface area contributed by atoms with Crippen LogP contribution in [0.2, 0.25) is 0 Å². The Hall–Kier alpha value is -4.17. The number of imide groups is 2. The lowest BCUT2D eigenvalue weighted by atomic mass is 9.47. The highest BCUT2D eigenvalue weighted by atomic mass is 79.9. The smallest absolute Gasteiger partial charge is 0.254 e. The first-order valence-electron chi connectivity index (χ1n) is 14.4. The first-order chi connectivity index (χ1) is 20.4. The summed E-state index contributed by atoms with van der Waals surface area (Å²) in [6.45, 7) is 0. The Labute approximate surface area is 250 Å². The molecule has 4 amide bonds. The lowest BCUT2D eigenvalue weighted by Gasteiger charge is -2.52. The summed E-state index contributed by atoms with van der Waals surface area (Å²) in [4.78, 5) is 57.3. The van der Waals surface area contributed by atoms with Gasteiger partial charge < -0.3 is 0 Å². The van der Waals surface area contributed by atoms with Gasteiger partial charge in [-0.3, -0.25) is 19.2 Å². The maximum Gasteiger partial charge on any atom is 0.254 e. The topological polar surface area (TPSA) is 87.1 Å². The van der Waals surface area contributed by atoms with Gasteiger partial charge in [0.05, 0.1) is 34.8 Å². The third kappa shape index (κ3) is 2.79. The summed E-state index contributed by atoms with van der Waals surface area (Å²) in [7, 11) is 0. The van der Waals surface area contributed by atoms with E-state index in [-0.39, 0.29) is 53.2 Å². The van der Waals surface area contributed by atoms with E-state index in [0.717, 1.165) is 38.2 Å². The Kier molecular flexibility index (Phi) is 4.78. The Balaban J connectivity index is 1.24. The summed E-state index contributed by atoms with van der Waals surface area (Å²) in [5, 5.41) is 5.72. The number of hydrogen-bond acceptors (Lipinski definition) is 5. The van der Waals surface area contributed by atoms with Gasteiger partial charge in [-0.05, 0) is 64.8 Å². The molecule has 5 aliphatic carbocycles. The molecule has 3 aromatic carbocycles. The van der Waals surface area contributed by atoms with Crippen LogP contribution in [-0.4, -0.2) is 34.9 Å². The second kappa shape index (κ2) is 8.22. The van der Waals surface area contributed by atoms with Gasteiger partial charge in [0, 0.05) is 16.6 Å². The predicted octanol–water partition coefficient (Wildman–Crippen LogP) is 4.79. The molecule has 10 rings (SSSR count). The Morgan fingerprint density at radius 2 is 1.29 bits per heavy atom. The molecule has 3 fully saturated rings. The van der Waals surface area contributed by atoms with Crippen LogP contribution >= 0.6 is 15.9 Å². The van der Waals surface area contributed by atoms with Crippen molar-refractivity contribution in [1.29, 1.82) is 0 Å². The number of hydrogen-bond donors (Lipinski definition) is 0. The molecule has 8 heteroatoms. The molecule has 3 aromatic rings. The standard InChI is InChI=1S/C34H24BrN3O4/c35-19-11-13-20(14-12-19)37-30(39)28-27-21-5-1-3-7-23(21)34(29(28)33(37)42,24-8-4-2-6-22(24)27)16-36-38-31(40)25-17-9-10-18(15-17)26(25)32(38)41/h1-14,16-18,25-29H,15H2/b36-16-/t17-,18-,25-,26+,27?,28-,29+,34?/m0/s1. The zero-order chi connectivity index (χ0) is 28.5. The van der Waals surface area contributed by atoms with Gasteiger partial charge in [0.25, 0.3) is 11.8 Å². The monoisotopic (exact) mass is 617 g/mol. The number of allylic oxidation sites excluding steroid dienone is 2. The zero-order valence-corrected chi connectivity index (χ0v) is 23.8. The van der Waals surface area contributed by atoms with Gasteiger partial charge in [0.2, 0.25) is 11.8 Å². The highest BCUT2D eigenvalue weighted by molar-refractivity contribution is 9.10. The molecule has 0 radical (unpaired) electrons. The number of carbonyl (C=O) groups excluding carboxylic acids is 4. The van der Waals surface area contributed by atoms with Gasteiger partial charge in [-0.25, -0.2) is 4.90 Å². The van der Waals surface area contributed by atoms with E-state index in [2.05, 4.69) is 33.2 Å². The summed E-state index contributed by atoms with van der Waals surface area (Å²) >= 11 is 3.44. The Morgan fingerprint density at radius 1 is 0.714 bits per heavy atom. The number of nitrogens with zero attached hydrogens (tertiary/aromatic N) is 3. The maximum absolute atomic E-state index is 14.5. The summed E-state index contributed by atoms with van der Waals surface area (Å²) in [6, 6.07) is 23.0. The SMILES string of the molecule is O=C1[C@@H]2[C@H](C(=O)N1/N=C\C13c4ccccc4C(c4ccccc41)[C@@H]1C(=O)N(c4ccc(Br)cc4)C(=O)[C@@H]13)[C@H]1C=C[C@H]2C1. The second-order valence-corrected chi connectivity index (χ2v) is 13.2. The Morgan fingerprint density at radius 3 is 1.88 bits per heavy atom. The van der Waals surface area contributed by atoms with Crippen LogP contribution in [0.1, 0.15) is 34.6 Å². The van der Waals surface area contributed by atoms with Crippen LogP contribution in [0.3, 0.4) is 0 Å². The molecule has 0 N–H and O–H groups in total. The van der Waals surface area contributed by atoms with E-state index < -0.39 is 17.3 Å². The fourth-order valence-corrected chi connectivity index (χ4v) is 9.31. The lowest BCUT2D eigenvalue weighted by Crippen LogP contribution is -2.55. The molecule has 0 unspecified atom stereocenters. The third-order valence-electron chi connectivity index (χ3n) is 10.6. The quantitative estimate of drug-likeness (QED) is 0.240. The number of hydrazone groups is 1. The molecule has 2 aliphatic heterocycles. The Bertz CT molecular complexity index is 1750. The minimum Gasteiger partial charge on any atom is -0.274 e. The van der Waals surface area contributed by atoms with Crippen molar-refractivity contribution in [3.05, 3.63) is 112 Å². The third-order valence-corrected chi connectivity index (χ3v) is 11.1. The molecule has 4 bridgehead atoms. The first-order valence-corrected chi connectivity index (χ1v) is 15.1. The van der Waals surface area contributed by atoms with Crippen molar-refractivity contribution in [1.82, 2.24) is 5.01 Å². The molecule has 2 saturated heterocycles. The number of fused-ring (bicyclic) bond motifs is 5. The van der Waals surface area contributed by atoms with Crippen molar-refractivity contribution in [2.45, 2.75) is 17.8 Å². The zero-order valence-electron chi connectivity index (χ0n) is 22.3. The van der Waals surface area contributed by atoms with Crippen molar-refractivity contribution in [2.24, 2.45) is 40.6 Å². The van der Waals surface area contributed by atoms with Crippen LogP contribution in [0.5, 0.6) is 0 Å².